The maximum atomic E-state index is 9.49. The fourth-order valence-electron chi connectivity index (χ4n) is 3.80. The number of pyridine rings is 1. The number of aromatic nitrogens is 2. The van der Waals surface area contributed by atoms with E-state index in [9.17, 15) is 5.26 Å². The molecule has 29 heavy (non-hydrogen) atoms. The van der Waals surface area contributed by atoms with Gasteiger partial charge in [-0.3, -0.25) is 9.88 Å². The summed E-state index contributed by atoms with van der Waals surface area (Å²) in [6, 6.07) is 14.9. The molecule has 1 aliphatic heterocycles. The Kier molecular flexibility index (Phi) is 5.87. The highest BCUT2D eigenvalue weighted by atomic mass is 16.4. The van der Waals surface area contributed by atoms with Crippen molar-refractivity contribution in [3.05, 3.63) is 65.6 Å². The van der Waals surface area contributed by atoms with Gasteiger partial charge in [-0.2, -0.15) is 10.2 Å². The van der Waals surface area contributed by atoms with E-state index in [1.54, 1.807) is 12.4 Å². The number of anilines is 1. The maximum Gasteiger partial charge on any atom is 0.232 e. The molecule has 1 aliphatic rings. The maximum absolute atomic E-state index is 9.49. The summed E-state index contributed by atoms with van der Waals surface area (Å²) in [6.45, 7) is 5.00. The Hall–Kier alpha value is -3.17. The van der Waals surface area contributed by atoms with Crippen molar-refractivity contribution in [1.82, 2.24) is 14.9 Å². The number of hydrogen-bond acceptors (Lipinski definition) is 6. The molecule has 0 saturated carbocycles. The Morgan fingerprint density at radius 1 is 1.21 bits per heavy atom. The lowest BCUT2D eigenvalue weighted by atomic mass is 10.0. The van der Waals surface area contributed by atoms with Crippen molar-refractivity contribution in [2.24, 2.45) is 0 Å². The van der Waals surface area contributed by atoms with Crippen LogP contribution in [0.2, 0.25) is 0 Å². The number of hydrogen-bond donors (Lipinski definition) is 1. The topological polar surface area (TPSA) is 78.0 Å². The summed E-state index contributed by atoms with van der Waals surface area (Å²) in [7, 11) is 0. The lowest BCUT2D eigenvalue weighted by Crippen LogP contribution is -2.31. The van der Waals surface area contributed by atoms with Crippen LogP contribution in [-0.4, -0.2) is 34.5 Å². The largest absolute Gasteiger partial charge is 0.419 e. The van der Waals surface area contributed by atoms with Crippen LogP contribution in [0.4, 0.5) is 5.88 Å². The van der Waals surface area contributed by atoms with E-state index >= 15 is 0 Å². The van der Waals surface area contributed by atoms with Crippen LogP contribution in [0, 0.1) is 11.3 Å². The van der Waals surface area contributed by atoms with Crippen molar-refractivity contribution in [2.45, 2.75) is 32.2 Å². The third-order valence-corrected chi connectivity index (χ3v) is 5.45. The van der Waals surface area contributed by atoms with E-state index in [1.807, 2.05) is 12.1 Å². The van der Waals surface area contributed by atoms with Crippen molar-refractivity contribution in [3.8, 4) is 17.5 Å². The first-order valence-corrected chi connectivity index (χ1v) is 10.2. The normalized spacial score (nSPS) is 15.2. The van der Waals surface area contributed by atoms with E-state index in [0.29, 0.717) is 18.3 Å². The van der Waals surface area contributed by atoms with Crippen LogP contribution in [0.1, 0.15) is 42.6 Å². The summed E-state index contributed by atoms with van der Waals surface area (Å²) in [6.07, 6.45) is 6.86. The van der Waals surface area contributed by atoms with Gasteiger partial charge in [0.25, 0.3) is 0 Å². The van der Waals surface area contributed by atoms with Gasteiger partial charge in [-0.1, -0.05) is 31.2 Å². The molecule has 4 rings (SSSR count). The van der Waals surface area contributed by atoms with Crippen molar-refractivity contribution in [1.29, 1.82) is 5.26 Å². The second-order valence-corrected chi connectivity index (χ2v) is 7.29. The molecule has 1 fully saturated rings. The molecule has 3 heterocycles. The van der Waals surface area contributed by atoms with Gasteiger partial charge in [0, 0.05) is 18.9 Å². The molecule has 1 unspecified atom stereocenters. The molecule has 2 aromatic heterocycles. The van der Waals surface area contributed by atoms with Gasteiger partial charge in [-0.25, -0.2) is 0 Å². The van der Waals surface area contributed by atoms with Crippen LogP contribution in [0.3, 0.4) is 0 Å². The third-order valence-electron chi connectivity index (χ3n) is 5.45. The third kappa shape index (κ3) is 4.30. The predicted molar refractivity (Wildman–Crippen MR) is 112 cm³/mol. The number of oxazole rings is 1. The summed E-state index contributed by atoms with van der Waals surface area (Å²) in [4.78, 5) is 10.9. The average molecular weight is 387 g/mol. The average Bonchev–Trinajstić information content (AvgIpc) is 3.45. The van der Waals surface area contributed by atoms with Crippen LogP contribution in [0.25, 0.3) is 11.5 Å². The number of aryl methyl sites for hydroxylation is 1. The highest BCUT2D eigenvalue weighted by Crippen LogP contribution is 2.29. The first-order chi connectivity index (χ1) is 14.3. The molecule has 1 atom stereocenters. The Bertz CT molecular complexity index is 969. The Morgan fingerprint density at radius 2 is 2.00 bits per heavy atom. The zero-order valence-electron chi connectivity index (χ0n) is 16.6. The minimum absolute atomic E-state index is 0.224. The van der Waals surface area contributed by atoms with Gasteiger partial charge in [0.1, 0.15) is 6.07 Å². The van der Waals surface area contributed by atoms with Crippen LogP contribution >= 0.6 is 0 Å². The summed E-state index contributed by atoms with van der Waals surface area (Å²) in [5, 5.41) is 12.8. The summed E-state index contributed by atoms with van der Waals surface area (Å²) < 4.78 is 5.87. The Labute approximate surface area is 171 Å². The molecule has 0 bridgehead atoms. The zero-order chi connectivity index (χ0) is 20.1. The van der Waals surface area contributed by atoms with Crippen LogP contribution in [0.5, 0.6) is 0 Å². The van der Waals surface area contributed by atoms with E-state index < -0.39 is 0 Å². The first-order valence-electron chi connectivity index (χ1n) is 10.2. The molecule has 6 nitrogen and oxygen atoms in total. The molecule has 148 valence electrons. The lowest BCUT2D eigenvalue weighted by Gasteiger charge is -2.28. The lowest BCUT2D eigenvalue weighted by molar-refractivity contribution is 0.255. The molecule has 6 heteroatoms. The molecule has 3 aromatic rings. The van der Waals surface area contributed by atoms with Crippen molar-refractivity contribution >= 4 is 5.88 Å². The van der Waals surface area contributed by atoms with Gasteiger partial charge < -0.3 is 9.73 Å². The van der Waals surface area contributed by atoms with Crippen LogP contribution in [0.15, 0.2) is 53.2 Å². The fraction of sp³-hybridized carbons (Fsp3) is 0.348. The highest BCUT2D eigenvalue weighted by Gasteiger charge is 2.24. The molecule has 1 N–H and O–H groups in total. The van der Waals surface area contributed by atoms with Gasteiger partial charge in [0.05, 0.1) is 11.6 Å². The molecule has 0 radical (unpaired) electrons. The first kappa shape index (κ1) is 19.2. The van der Waals surface area contributed by atoms with Gasteiger partial charge in [0.2, 0.25) is 17.5 Å². The number of nitrogens with one attached hydrogen (secondary N) is 1. The van der Waals surface area contributed by atoms with Gasteiger partial charge in [-0.15, -0.1) is 0 Å². The zero-order valence-corrected chi connectivity index (χ0v) is 16.6. The number of benzene rings is 1. The smallest absolute Gasteiger partial charge is 0.232 e. The van der Waals surface area contributed by atoms with Crippen LogP contribution in [-0.2, 0) is 6.42 Å². The van der Waals surface area contributed by atoms with Gasteiger partial charge in [-0.05, 0) is 55.6 Å². The standard InChI is InChI=1S/C23H25N5O/c1-2-17-7-9-18(10-8-17)21(28-12-3-4-13-28)16-26-23-20(14-24)27-22(29-23)19-6-5-11-25-15-19/h5-11,15,21,26H,2-4,12-13,16H2,1H3. The highest BCUT2D eigenvalue weighted by molar-refractivity contribution is 5.57. The molecular formula is C23H25N5O. The van der Waals surface area contributed by atoms with E-state index in [2.05, 4.69) is 57.4 Å². The molecule has 1 saturated heterocycles. The number of likely N-dealkylation sites (tertiary alicyclic amines) is 1. The second kappa shape index (κ2) is 8.89. The quantitative estimate of drug-likeness (QED) is 0.647. The monoisotopic (exact) mass is 387 g/mol. The minimum Gasteiger partial charge on any atom is -0.419 e. The van der Waals surface area contributed by atoms with E-state index in [4.69, 9.17) is 4.42 Å². The van der Waals surface area contributed by atoms with Crippen molar-refractivity contribution in [3.63, 3.8) is 0 Å². The minimum atomic E-state index is 0.224. The molecule has 0 spiro atoms. The fourth-order valence-corrected chi connectivity index (χ4v) is 3.80. The molecule has 0 aliphatic carbocycles. The number of nitriles is 1. The molecular weight excluding hydrogens is 362 g/mol. The van der Waals surface area contributed by atoms with Gasteiger partial charge in [0.15, 0.2) is 0 Å². The van der Waals surface area contributed by atoms with Crippen molar-refractivity contribution in [2.75, 3.05) is 25.0 Å². The van der Waals surface area contributed by atoms with E-state index in [1.165, 1.54) is 24.0 Å². The molecule has 0 amide bonds. The van der Waals surface area contributed by atoms with Crippen LogP contribution < -0.4 is 5.32 Å². The summed E-state index contributed by atoms with van der Waals surface area (Å²) in [5.41, 5.74) is 3.64. The van der Waals surface area contributed by atoms with E-state index in [0.717, 1.165) is 25.1 Å². The summed E-state index contributed by atoms with van der Waals surface area (Å²) in [5.74, 6) is 0.822. The Morgan fingerprint density at radius 3 is 2.66 bits per heavy atom. The predicted octanol–water partition coefficient (Wildman–Crippen LogP) is 4.42. The molecule has 1 aromatic carbocycles. The number of nitrogens with zero attached hydrogens (tertiary/aromatic N) is 4. The second-order valence-electron chi connectivity index (χ2n) is 7.29. The van der Waals surface area contributed by atoms with E-state index in [-0.39, 0.29) is 11.7 Å². The SMILES string of the molecule is CCc1ccc(C(CNc2oc(-c3cccnc3)nc2C#N)N2CCCC2)cc1. The number of rotatable bonds is 7. The summed E-state index contributed by atoms with van der Waals surface area (Å²) >= 11 is 0. The Balaban J connectivity index is 1.55. The van der Waals surface area contributed by atoms with Gasteiger partial charge >= 0.3 is 0 Å². The van der Waals surface area contributed by atoms with Crippen molar-refractivity contribution < 1.29 is 4.42 Å².